The molecule has 4 aromatic heterocycles. The van der Waals surface area contributed by atoms with Gasteiger partial charge >= 0.3 is 0 Å². The highest BCUT2D eigenvalue weighted by molar-refractivity contribution is 5.90. The number of fused-ring (bicyclic) bond motifs is 1. The summed E-state index contributed by atoms with van der Waals surface area (Å²) in [6.45, 7) is 1.92. The highest BCUT2D eigenvalue weighted by Crippen LogP contribution is 2.25. The molecule has 0 aliphatic rings. The van der Waals surface area contributed by atoms with Crippen LogP contribution < -0.4 is 5.73 Å². The minimum atomic E-state index is -0.200. The number of nitrogens with zero attached hydrogens (tertiary/aromatic N) is 7. The molecule has 0 spiro atoms. The van der Waals surface area contributed by atoms with Gasteiger partial charge in [-0.25, -0.2) is 9.97 Å². The fourth-order valence-electron chi connectivity index (χ4n) is 3.68. The number of nitrogens with two attached hydrogens (primary N) is 1. The molecule has 4 N–H and O–H groups in total. The lowest BCUT2D eigenvalue weighted by Crippen LogP contribution is -2.37. The van der Waals surface area contributed by atoms with E-state index in [-0.39, 0.29) is 24.4 Å². The van der Waals surface area contributed by atoms with Crippen molar-refractivity contribution in [2.45, 2.75) is 38.8 Å². The Hall–Kier alpha value is -3.86. The first kappa shape index (κ1) is 21.4. The van der Waals surface area contributed by atoms with E-state index in [1.165, 1.54) is 6.33 Å². The van der Waals surface area contributed by atoms with Crippen molar-refractivity contribution in [1.29, 1.82) is 0 Å². The number of hydrogen-bond donors (Lipinski definition) is 3. The molecule has 0 aliphatic carbocycles. The van der Waals surface area contributed by atoms with Crippen molar-refractivity contribution in [3.63, 3.8) is 0 Å². The lowest BCUT2D eigenvalue weighted by atomic mass is 10.1. The maximum atomic E-state index is 12.6. The zero-order chi connectivity index (χ0) is 22.7. The number of H-pyrrole nitrogens is 1. The van der Waals surface area contributed by atoms with E-state index < -0.39 is 0 Å². The number of aliphatic hydroxyl groups excluding tert-OH is 1. The second-order valence-electron chi connectivity index (χ2n) is 7.51. The van der Waals surface area contributed by atoms with E-state index >= 15 is 0 Å². The fraction of sp³-hybridized carbons (Fsp3) is 0.333. The Labute approximate surface area is 184 Å². The molecular weight excluding hydrogens is 410 g/mol. The zero-order valence-electron chi connectivity index (χ0n) is 17.9. The number of aryl methyl sites for hydroxylation is 1. The Morgan fingerprint density at radius 2 is 2.12 bits per heavy atom. The van der Waals surface area contributed by atoms with Gasteiger partial charge in [-0.15, -0.1) is 0 Å². The van der Waals surface area contributed by atoms with Gasteiger partial charge in [0.05, 0.1) is 18.5 Å². The van der Waals surface area contributed by atoms with E-state index in [2.05, 4.69) is 25.3 Å². The minimum absolute atomic E-state index is 0.00598. The zero-order valence-corrected chi connectivity index (χ0v) is 17.9. The van der Waals surface area contributed by atoms with Crippen LogP contribution in [-0.2, 0) is 13.0 Å². The van der Waals surface area contributed by atoms with Gasteiger partial charge in [0.2, 0.25) is 5.82 Å². The number of pyridine rings is 1. The van der Waals surface area contributed by atoms with Gasteiger partial charge in [-0.05, 0) is 25.3 Å². The van der Waals surface area contributed by atoms with Crippen LogP contribution in [0.2, 0.25) is 0 Å². The summed E-state index contributed by atoms with van der Waals surface area (Å²) in [5.74, 6) is 0.504. The van der Waals surface area contributed by atoms with Gasteiger partial charge in [-0.2, -0.15) is 14.7 Å². The number of aromatic amines is 1. The highest BCUT2D eigenvalue weighted by atomic mass is 16.3. The first-order chi connectivity index (χ1) is 15.5. The number of nitrogens with one attached hydrogen (secondary N) is 1. The molecule has 32 heavy (non-hydrogen) atoms. The maximum Gasteiger partial charge on any atom is 0.291 e. The third-order valence-corrected chi connectivity index (χ3v) is 5.54. The molecule has 0 saturated heterocycles. The number of amides is 1. The Balaban J connectivity index is 1.55. The molecule has 0 radical (unpaired) electrons. The third kappa shape index (κ3) is 4.14. The normalized spacial score (nSPS) is 12.2. The minimum Gasteiger partial charge on any atom is -0.390 e. The van der Waals surface area contributed by atoms with E-state index in [0.717, 1.165) is 23.2 Å². The van der Waals surface area contributed by atoms with Gasteiger partial charge in [0.15, 0.2) is 5.65 Å². The van der Waals surface area contributed by atoms with Gasteiger partial charge < -0.3 is 15.7 Å². The summed E-state index contributed by atoms with van der Waals surface area (Å²) in [5.41, 5.74) is 9.92. The predicted molar refractivity (Wildman–Crippen MR) is 117 cm³/mol. The van der Waals surface area contributed by atoms with Gasteiger partial charge in [-0.3, -0.25) is 14.9 Å². The van der Waals surface area contributed by atoms with Crippen LogP contribution >= 0.6 is 0 Å². The topological polar surface area (TPSA) is 151 Å². The number of anilines is 1. The lowest BCUT2D eigenvalue weighted by Gasteiger charge is -2.26. The molecule has 0 bridgehead atoms. The van der Waals surface area contributed by atoms with Crippen LogP contribution in [0.3, 0.4) is 0 Å². The standard InChI is InChI=1S/C21H25N9O2/c1-3-16(29(2)21(32)19-24-12-25-28-19)7-6-14-8-18(22)30-20(27-14)17(10-26-30)13-4-5-15(11-31)23-9-13/h4-5,8-10,12,16,31H,3,6-7,11,22H2,1-2H3,(H,24,25,28)/t16-/m1/s1. The smallest absolute Gasteiger partial charge is 0.291 e. The molecule has 4 heterocycles. The number of rotatable bonds is 8. The van der Waals surface area contributed by atoms with Crippen molar-refractivity contribution in [2.75, 3.05) is 12.8 Å². The Kier molecular flexibility index (Phi) is 6.08. The van der Waals surface area contributed by atoms with Crippen LogP contribution in [0.1, 0.15) is 41.8 Å². The molecule has 0 unspecified atom stereocenters. The van der Waals surface area contributed by atoms with Gasteiger partial charge in [0.25, 0.3) is 5.91 Å². The van der Waals surface area contributed by atoms with E-state index in [0.29, 0.717) is 30.0 Å². The summed E-state index contributed by atoms with van der Waals surface area (Å²) in [6, 6.07) is 5.45. The van der Waals surface area contributed by atoms with E-state index in [1.807, 2.05) is 19.1 Å². The molecule has 4 aromatic rings. The second-order valence-corrected chi connectivity index (χ2v) is 7.51. The molecule has 166 valence electrons. The molecule has 1 amide bonds. The molecule has 0 aromatic carbocycles. The van der Waals surface area contributed by atoms with E-state index in [4.69, 9.17) is 10.7 Å². The first-order valence-corrected chi connectivity index (χ1v) is 10.3. The van der Waals surface area contributed by atoms with Crippen LogP contribution in [0.5, 0.6) is 0 Å². The van der Waals surface area contributed by atoms with Gasteiger partial charge in [-0.1, -0.05) is 13.0 Å². The second kappa shape index (κ2) is 9.10. The number of carbonyl (C=O) groups excluding carboxylic acids is 1. The number of carbonyl (C=O) groups is 1. The number of aliphatic hydroxyl groups is 1. The average Bonchev–Trinajstić information content (AvgIpc) is 3.49. The van der Waals surface area contributed by atoms with Crippen LogP contribution in [0.25, 0.3) is 16.8 Å². The lowest BCUT2D eigenvalue weighted by molar-refractivity contribution is 0.0707. The first-order valence-electron chi connectivity index (χ1n) is 10.3. The summed E-state index contributed by atoms with van der Waals surface area (Å²) in [4.78, 5) is 27.2. The van der Waals surface area contributed by atoms with Crippen molar-refractivity contribution in [3.05, 3.63) is 54.1 Å². The van der Waals surface area contributed by atoms with Crippen molar-refractivity contribution in [3.8, 4) is 11.1 Å². The number of hydrogen-bond acceptors (Lipinski definition) is 8. The predicted octanol–water partition coefficient (Wildman–Crippen LogP) is 1.47. The van der Waals surface area contributed by atoms with Gasteiger partial charge in [0.1, 0.15) is 12.1 Å². The number of nitrogen functional groups attached to an aromatic ring is 1. The van der Waals surface area contributed by atoms with E-state index in [9.17, 15) is 9.90 Å². The van der Waals surface area contributed by atoms with Crippen molar-refractivity contribution in [2.24, 2.45) is 0 Å². The van der Waals surface area contributed by atoms with Gasteiger partial charge in [0, 0.05) is 42.2 Å². The summed E-state index contributed by atoms with van der Waals surface area (Å²) in [7, 11) is 1.77. The summed E-state index contributed by atoms with van der Waals surface area (Å²) in [5, 5.41) is 19.9. The Bertz CT molecular complexity index is 1200. The van der Waals surface area contributed by atoms with Crippen LogP contribution in [0.4, 0.5) is 5.82 Å². The SMILES string of the molecule is CC[C@H](CCc1cc(N)n2ncc(-c3ccc(CO)nc3)c2n1)N(C)C(=O)c1ncn[nH]1. The van der Waals surface area contributed by atoms with Crippen LogP contribution in [0.15, 0.2) is 36.9 Å². The fourth-order valence-corrected chi connectivity index (χ4v) is 3.68. The van der Waals surface area contributed by atoms with Crippen molar-refractivity contribution < 1.29 is 9.90 Å². The molecule has 0 fully saturated rings. The quantitative estimate of drug-likeness (QED) is 0.376. The largest absolute Gasteiger partial charge is 0.390 e. The molecule has 4 rings (SSSR count). The summed E-state index contributed by atoms with van der Waals surface area (Å²) >= 11 is 0. The monoisotopic (exact) mass is 435 g/mol. The van der Waals surface area contributed by atoms with Crippen LogP contribution in [-0.4, -0.2) is 63.8 Å². The third-order valence-electron chi connectivity index (χ3n) is 5.54. The Morgan fingerprint density at radius 1 is 1.28 bits per heavy atom. The Morgan fingerprint density at radius 3 is 2.78 bits per heavy atom. The van der Waals surface area contributed by atoms with Crippen molar-refractivity contribution in [1.82, 2.24) is 39.7 Å². The molecular formula is C21H25N9O2. The average molecular weight is 435 g/mol. The number of aromatic nitrogens is 7. The molecule has 0 saturated carbocycles. The molecule has 11 heteroatoms. The van der Waals surface area contributed by atoms with Crippen LogP contribution in [0, 0.1) is 0 Å². The molecule has 0 aliphatic heterocycles. The van der Waals surface area contributed by atoms with Crippen molar-refractivity contribution >= 4 is 17.4 Å². The highest BCUT2D eigenvalue weighted by Gasteiger charge is 2.22. The summed E-state index contributed by atoms with van der Waals surface area (Å²) < 4.78 is 1.59. The van der Waals surface area contributed by atoms with E-state index in [1.54, 1.807) is 34.9 Å². The maximum absolute atomic E-state index is 12.6. The molecule has 1 atom stereocenters. The summed E-state index contributed by atoms with van der Waals surface area (Å²) in [6.07, 6.45) is 6.85. The molecule has 11 nitrogen and oxygen atoms in total.